The molecule has 3 aromatic carbocycles. The predicted molar refractivity (Wildman–Crippen MR) is 143 cm³/mol. The van der Waals surface area contributed by atoms with E-state index in [0.717, 1.165) is 6.92 Å². The van der Waals surface area contributed by atoms with Gasteiger partial charge in [-0.25, -0.2) is 18.1 Å². The van der Waals surface area contributed by atoms with E-state index >= 15 is 0 Å². The molecule has 1 aromatic heterocycles. The van der Waals surface area contributed by atoms with Crippen LogP contribution in [0.1, 0.15) is 20.3 Å². The molecular weight excluding hydrogens is 512 g/mol. The highest BCUT2D eigenvalue weighted by molar-refractivity contribution is 8.00. The van der Waals surface area contributed by atoms with Crippen LogP contribution in [0.5, 0.6) is 0 Å². The van der Waals surface area contributed by atoms with Gasteiger partial charge in [0, 0.05) is 12.6 Å². The standard InChI is InChI=1S/C26H24N4O5S2/c1-3-23(24(32)27-18-13-15-20(16-14-18)37(34,35)29-17(2)31)36-26-28-22-12-8-7-11-21(22)25(33)30(26)19-9-5-4-6-10-19/h4-16,23H,3H2,1-2H3,(H,27,32)(H,29,31). The van der Waals surface area contributed by atoms with Crippen LogP contribution in [0.2, 0.25) is 0 Å². The highest BCUT2D eigenvalue weighted by Gasteiger charge is 2.23. The molecule has 0 saturated carbocycles. The van der Waals surface area contributed by atoms with Crippen LogP contribution in [0, 0.1) is 0 Å². The zero-order valence-corrected chi connectivity index (χ0v) is 21.7. The van der Waals surface area contributed by atoms with E-state index in [1.54, 1.807) is 36.4 Å². The molecule has 0 fully saturated rings. The number of fused-ring (bicyclic) bond motifs is 1. The van der Waals surface area contributed by atoms with Crippen LogP contribution >= 0.6 is 11.8 Å². The topological polar surface area (TPSA) is 127 Å². The number of rotatable bonds is 8. The number of aromatic nitrogens is 2. The quantitative estimate of drug-likeness (QED) is 0.260. The van der Waals surface area contributed by atoms with Gasteiger partial charge in [-0.15, -0.1) is 0 Å². The Balaban J connectivity index is 1.62. The van der Waals surface area contributed by atoms with Gasteiger partial charge < -0.3 is 5.32 Å². The number of hydrogen-bond donors (Lipinski definition) is 2. The summed E-state index contributed by atoms with van der Waals surface area (Å²) in [5.74, 6) is -1.02. The van der Waals surface area contributed by atoms with Crippen molar-refractivity contribution in [3.63, 3.8) is 0 Å². The Kier molecular flexibility index (Phi) is 7.74. The van der Waals surface area contributed by atoms with Crippen molar-refractivity contribution in [3.05, 3.63) is 89.2 Å². The van der Waals surface area contributed by atoms with Crippen molar-refractivity contribution < 1.29 is 18.0 Å². The van der Waals surface area contributed by atoms with E-state index in [1.165, 1.54) is 40.6 Å². The van der Waals surface area contributed by atoms with Gasteiger partial charge in [0.1, 0.15) is 0 Å². The van der Waals surface area contributed by atoms with Crippen molar-refractivity contribution in [1.82, 2.24) is 14.3 Å². The van der Waals surface area contributed by atoms with Crippen molar-refractivity contribution in [3.8, 4) is 5.69 Å². The maximum atomic E-state index is 13.4. The maximum absolute atomic E-state index is 13.4. The molecule has 2 N–H and O–H groups in total. The fourth-order valence-electron chi connectivity index (χ4n) is 3.63. The molecule has 0 aliphatic carbocycles. The second-order valence-corrected chi connectivity index (χ2v) is 10.9. The largest absolute Gasteiger partial charge is 0.325 e. The van der Waals surface area contributed by atoms with Crippen molar-refractivity contribution in [2.24, 2.45) is 0 Å². The van der Waals surface area contributed by atoms with Gasteiger partial charge in [0.25, 0.3) is 15.6 Å². The highest BCUT2D eigenvalue weighted by atomic mass is 32.2. The monoisotopic (exact) mass is 536 g/mol. The lowest BCUT2D eigenvalue weighted by Gasteiger charge is -2.18. The van der Waals surface area contributed by atoms with Crippen LogP contribution in [0.3, 0.4) is 0 Å². The second-order valence-electron chi connectivity index (χ2n) is 8.08. The first-order valence-electron chi connectivity index (χ1n) is 11.4. The third-order valence-corrected chi connectivity index (χ3v) is 8.15. The van der Waals surface area contributed by atoms with E-state index in [-0.39, 0.29) is 16.4 Å². The molecule has 0 saturated heterocycles. The lowest BCUT2D eigenvalue weighted by Crippen LogP contribution is -2.28. The lowest BCUT2D eigenvalue weighted by atomic mass is 10.2. The van der Waals surface area contributed by atoms with Crippen LogP contribution in [-0.4, -0.2) is 35.0 Å². The van der Waals surface area contributed by atoms with Crippen molar-refractivity contribution in [2.45, 2.75) is 35.6 Å². The minimum atomic E-state index is -3.98. The second kappa shape index (κ2) is 11.0. The zero-order chi connectivity index (χ0) is 26.6. The molecule has 37 heavy (non-hydrogen) atoms. The van der Waals surface area contributed by atoms with Crippen LogP contribution in [0.25, 0.3) is 16.6 Å². The predicted octanol–water partition coefficient (Wildman–Crippen LogP) is 3.72. The summed E-state index contributed by atoms with van der Waals surface area (Å²) in [5.41, 5.74) is 1.33. The minimum absolute atomic E-state index is 0.102. The normalized spacial score (nSPS) is 12.2. The Hall–Kier alpha value is -3.96. The van der Waals surface area contributed by atoms with Crippen molar-refractivity contribution >= 4 is 50.2 Å². The summed E-state index contributed by atoms with van der Waals surface area (Å²) in [4.78, 5) is 42.3. The number of carbonyl (C=O) groups is 2. The number of thioether (sulfide) groups is 1. The summed E-state index contributed by atoms with van der Waals surface area (Å²) in [5, 5.41) is 3.05. The summed E-state index contributed by atoms with van der Waals surface area (Å²) >= 11 is 1.18. The molecule has 0 aliphatic rings. The fourth-order valence-corrected chi connectivity index (χ4v) is 5.66. The number of hydrogen-bond acceptors (Lipinski definition) is 7. The molecule has 2 amide bonds. The summed E-state index contributed by atoms with van der Waals surface area (Å²) in [6, 6.07) is 21.7. The van der Waals surface area contributed by atoms with Crippen molar-refractivity contribution in [1.29, 1.82) is 0 Å². The summed E-state index contributed by atoms with van der Waals surface area (Å²) in [6.45, 7) is 2.96. The van der Waals surface area contributed by atoms with Gasteiger partial charge >= 0.3 is 0 Å². The van der Waals surface area contributed by atoms with E-state index < -0.39 is 21.2 Å². The highest BCUT2D eigenvalue weighted by Crippen LogP contribution is 2.28. The average Bonchev–Trinajstić information content (AvgIpc) is 2.87. The van der Waals surface area contributed by atoms with Gasteiger partial charge in [-0.2, -0.15) is 0 Å². The molecule has 1 heterocycles. The Bertz CT molecular complexity index is 1620. The van der Waals surface area contributed by atoms with Gasteiger partial charge in [0.15, 0.2) is 5.16 Å². The molecule has 11 heteroatoms. The first-order chi connectivity index (χ1) is 17.7. The number of para-hydroxylation sites is 2. The van der Waals surface area contributed by atoms with E-state index in [0.29, 0.717) is 33.9 Å². The fraction of sp³-hybridized carbons (Fsp3) is 0.154. The Morgan fingerprint density at radius 3 is 2.27 bits per heavy atom. The SMILES string of the molecule is CCC(Sc1nc2ccccc2c(=O)n1-c1ccccc1)C(=O)Nc1ccc(S(=O)(=O)NC(C)=O)cc1. The molecule has 1 atom stereocenters. The average molecular weight is 537 g/mol. The molecule has 0 radical (unpaired) electrons. The molecule has 0 spiro atoms. The molecule has 190 valence electrons. The molecule has 9 nitrogen and oxygen atoms in total. The maximum Gasteiger partial charge on any atom is 0.266 e. The van der Waals surface area contributed by atoms with Crippen LogP contribution in [0.4, 0.5) is 5.69 Å². The Morgan fingerprint density at radius 2 is 1.62 bits per heavy atom. The number of benzene rings is 3. The number of nitrogens with zero attached hydrogens (tertiary/aromatic N) is 2. The van der Waals surface area contributed by atoms with Gasteiger partial charge in [0.2, 0.25) is 11.8 Å². The summed E-state index contributed by atoms with van der Waals surface area (Å²) < 4.78 is 27.7. The number of carbonyl (C=O) groups excluding carboxylic acids is 2. The molecular formula is C26H24N4O5S2. The molecule has 4 aromatic rings. The van der Waals surface area contributed by atoms with Gasteiger partial charge in [-0.3, -0.25) is 19.0 Å². The molecule has 0 bridgehead atoms. The Morgan fingerprint density at radius 1 is 0.973 bits per heavy atom. The third-order valence-electron chi connectivity index (χ3n) is 5.38. The van der Waals surface area contributed by atoms with E-state index in [9.17, 15) is 22.8 Å². The van der Waals surface area contributed by atoms with Crippen LogP contribution < -0.4 is 15.6 Å². The van der Waals surface area contributed by atoms with Crippen LogP contribution in [0.15, 0.2) is 93.7 Å². The van der Waals surface area contributed by atoms with Gasteiger partial charge in [-0.1, -0.05) is 49.0 Å². The van der Waals surface area contributed by atoms with Gasteiger partial charge in [0.05, 0.1) is 26.7 Å². The number of anilines is 1. The number of sulfonamides is 1. The van der Waals surface area contributed by atoms with E-state index in [2.05, 4.69) is 5.32 Å². The summed E-state index contributed by atoms with van der Waals surface area (Å²) in [6.07, 6.45) is 0.447. The Labute approximate surface area is 218 Å². The first-order valence-corrected chi connectivity index (χ1v) is 13.7. The lowest BCUT2D eigenvalue weighted by molar-refractivity contribution is -0.117. The van der Waals surface area contributed by atoms with Gasteiger partial charge in [-0.05, 0) is 55.0 Å². The smallest absolute Gasteiger partial charge is 0.266 e. The molecule has 0 aliphatic heterocycles. The molecule has 4 rings (SSSR count). The van der Waals surface area contributed by atoms with E-state index in [4.69, 9.17) is 4.98 Å². The molecule has 1 unspecified atom stereocenters. The number of amides is 2. The third kappa shape index (κ3) is 5.89. The zero-order valence-electron chi connectivity index (χ0n) is 20.0. The van der Waals surface area contributed by atoms with Crippen molar-refractivity contribution in [2.75, 3.05) is 5.32 Å². The number of nitrogens with one attached hydrogen (secondary N) is 2. The van der Waals surface area contributed by atoms with E-state index in [1.807, 2.05) is 29.8 Å². The summed E-state index contributed by atoms with van der Waals surface area (Å²) in [7, 11) is -3.98. The van der Waals surface area contributed by atoms with Crippen LogP contribution in [-0.2, 0) is 19.6 Å². The minimum Gasteiger partial charge on any atom is -0.325 e. The first kappa shape index (κ1) is 26.1.